The lowest BCUT2D eigenvalue weighted by molar-refractivity contribution is 0.667. The molecule has 0 aliphatic heterocycles. The van der Waals surface area contributed by atoms with Crippen LogP contribution in [0.2, 0.25) is 0 Å². The zero-order valence-electron chi connectivity index (χ0n) is 15.4. The van der Waals surface area contributed by atoms with Gasteiger partial charge in [-0.2, -0.15) is 5.26 Å². The van der Waals surface area contributed by atoms with E-state index in [1.807, 2.05) is 24.3 Å². The summed E-state index contributed by atoms with van der Waals surface area (Å²) in [6, 6.07) is 27.5. The first-order valence-electron chi connectivity index (χ1n) is 9.50. The van der Waals surface area contributed by atoms with Crippen LogP contribution >= 0.6 is 0 Å². The Morgan fingerprint density at radius 3 is 1.81 bits per heavy atom. The highest BCUT2D eigenvalue weighted by Crippen LogP contribution is 2.32. The number of hydrogen-bond donors (Lipinski definition) is 0. The molecule has 0 saturated heterocycles. The molecule has 0 saturated carbocycles. The Bertz CT molecular complexity index is 867. The summed E-state index contributed by atoms with van der Waals surface area (Å²) in [5.41, 5.74) is 6.92. The van der Waals surface area contributed by atoms with E-state index in [1.165, 1.54) is 47.9 Å². The summed E-state index contributed by atoms with van der Waals surface area (Å²) in [7, 11) is 0. The van der Waals surface area contributed by atoms with Gasteiger partial charge in [-0.05, 0) is 52.8 Å². The maximum atomic E-state index is 9.00. The predicted molar refractivity (Wildman–Crippen MR) is 110 cm³/mol. The fourth-order valence-electron chi connectivity index (χ4n) is 3.32. The van der Waals surface area contributed by atoms with E-state index < -0.39 is 0 Å². The third kappa shape index (κ3) is 4.41. The summed E-state index contributed by atoms with van der Waals surface area (Å²) in [6.45, 7) is 2.25. The highest BCUT2D eigenvalue weighted by molar-refractivity contribution is 5.83. The molecule has 0 unspecified atom stereocenters. The molecule has 1 nitrogen and oxygen atoms in total. The van der Waals surface area contributed by atoms with E-state index in [9.17, 15) is 0 Å². The summed E-state index contributed by atoms with van der Waals surface area (Å²) in [4.78, 5) is 0. The van der Waals surface area contributed by atoms with Gasteiger partial charge in [-0.15, -0.1) is 0 Å². The van der Waals surface area contributed by atoms with Crippen molar-refractivity contribution in [1.29, 1.82) is 5.26 Å². The van der Waals surface area contributed by atoms with Crippen molar-refractivity contribution in [2.45, 2.75) is 39.0 Å². The molecule has 26 heavy (non-hydrogen) atoms. The van der Waals surface area contributed by atoms with Crippen LogP contribution in [0.4, 0.5) is 0 Å². The number of nitrogens with zero attached hydrogens (tertiary/aromatic N) is 1. The molecule has 0 radical (unpaired) electrons. The third-order valence-corrected chi connectivity index (χ3v) is 4.84. The second-order valence-corrected chi connectivity index (χ2v) is 6.74. The largest absolute Gasteiger partial charge is 0.192 e. The maximum Gasteiger partial charge on any atom is 0.0991 e. The molecule has 0 fully saturated rings. The summed E-state index contributed by atoms with van der Waals surface area (Å²) >= 11 is 0. The Hall–Kier alpha value is -2.85. The Morgan fingerprint density at radius 2 is 1.27 bits per heavy atom. The molecule has 0 aromatic heterocycles. The van der Waals surface area contributed by atoms with Gasteiger partial charge >= 0.3 is 0 Å². The molecule has 130 valence electrons. The standard InChI is InChI=1S/C25H25N/c1-2-3-4-5-8-20-11-15-22(16-12-20)24-9-6-7-10-25(24)23-17-13-21(19-26)14-18-23/h6-7,9-18H,2-5,8H2,1H3. The van der Waals surface area contributed by atoms with Crippen molar-refractivity contribution in [3.63, 3.8) is 0 Å². The number of unbranched alkanes of at least 4 members (excludes halogenated alkanes) is 3. The Morgan fingerprint density at radius 1 is 0.692 bits per heavy atom. The summed E-state index contributed by atoms with van der Waals surface area (Å²) in [5, 5.41) is 9.00. The SMILES string of the molecule is CCCCCCc1ccc(-c2ccccc2-c2ccc(C#N)cc2)cc1. The lowest BCUT2D eigenvalue weighted by Gasteiger charge is -2.11. The normalized spacial score (nSPS) is 10.5. The Balaban J connectivity index is 1.82. The number of hydrogen-bond acceptors (Lipinski definition) is 1. The van der Waals surface area contributed by atoms with Gasteiger partial charge in [0.2, 0.25) is 0 Å². The highest BCUT2D eigenvalue weighted by Gasteiger charge is 2.07. The molecule has 0 aliphatic carbocycles. The Kier molecular flexibility index (Phi) is 6.23. The fourth-order valence-corrected chi connectivity index (χ4v) is 3.32. The van der Waals surface area contributed by atoms with Crippen LogP contribution in [0, 0.1) is 11.3 Å². The Labute approximate surface area is 156 Å². The van der Waals surface area contributed by atoms with Gasteiger partial charge in [-0.3, -0.25) is 0 Å². The second kappa shape index (κ2) is 9.02. The number of benzene rings is 3. The van der Waals surface area contributed by atoms with Gasteiger partial charge in [-0.1, -0.05) is 86.8 Å². The molecule has 3 aromatic rings. The van der Waals surface area contributed by atoms with Crippen LogP contribution in [0.1, 0.15) is 43.7 Å². The van der Waals surface area contributed by atoms with Crippen LogP contribution in [0.5, 0.6) is 0 Å². The van der Waals surface area contributed by atoms with Gasteiger partial charge in [-0.25, -0.2) is 0 Å². The first-order chi connectivity index (χ1) is 12.8. The van der Waals surface area contributed by atoms with E-state index in [-0.39, 0.29) is 0 Å². The van der Waals surface area contributed by atoms with Gasteiger partial charge < -0.3 is 0 Å². The first kappa shape index (κ1) is 18.0. The number of aryl methyl sites for hydroxylation is 1. The minimum absolute atomic E-state index is 0.693. The zero-order chi connectivity index (χ0) is 18.2. The van der Waals surface area contributed by atoms with E-state index in [0.29, 0.717) is 5.56 Å². The topological polar surface area (TPSA) is 23.8 Å². The molecule has 0 atom stereocenters. The summed E-state index contributed by atoms with van der Waals surface area (Å²) in [5.74, 6) is 0. The van der Waals surface area contributed by atoms with Gasteiger partial charge in [0, 0.05) is 0 Å². The fraction of sp³-hybridized carbons (Fsp3) is 0.240. The van der Waals surface area contributed by atoms with Crippen molar-refractivity contribution in [1.82, 2.24) is 0 Å². The van der Waals surface area contributed by atoms with Gasteiger partial charge in [0.05, 0.1) is 11.6 Å². The molecule has 0 aliphatic rings. The highest BCUT2D eigenvalue weighted by atomic mass is 14.2. The van der Waals surface area contributed by atoms with Crippen molar-refractivity contribution in [2.75, 3.05) is 0 Å². The summed E-state index contributed by atoms with van der Waals surface area (Å²) < 4.78 is 0. The zero-order valence-corrected chi connectivity index (χ0v) is 15.4. The van der Waals surface area contributed by atoms with Crippen molar-refractivity contribution in [2.24, 2.45) is 0 Å². The van der Waals surface area contributed by atoms with E-state index in [2.05, 4.69) is 61.5 Å². The monoisotopic (exact) mass is 339 g/mol. The van der Waals surface area contributed by atoms with E-state index >= 15 is 0 Å². The molecular weight excluding hydrogens is 314 g/mol. The molecule has 0 amide bonds. The number of rotatable bonds is 7. The summed E-state index contributed by atoms with van der Waals surface area (Å²) in [6.07, 6.45) is 6.37. The van der Waals surface area contributed by atoms with Crippen LogP contribution in [-0.2, 0) is 6.42 Å². The van der Waals surface area contributed by atoms with Crippen molar-refractivity contribution in [3.8, 4) is 28.3 Å². The number of nitriles is 1. The minimum Gasteiger partial charge on any atom is -0.192 e. The molecular formula is C25H25N. The molecule has 0 N–H and O–H groups in total. The minimum atomic E-state index is 0.693. The second-order valence-electron chi connectivity index (χ2n) is 6.74. The van der Waals surface area contributed by atoms with Crippen LogP contribution in [0.15, 0.2) is 72.8 Å². The van der Waals surface area contributed by atoms with Crippen molar-refractivity contribution < 1.29 is 0 Å². The van der Waals surface area contributed by atoms with Gasteiger partial charge in [0.1, 0.15) is 0 Å². The molecule has 0 bridgehead atoms. The quantitative estimate of drug-likeness (QED) is 0.424. The predicted octanol–water partition coefficient (Wildman–Crippen LogP) is 7.02. The molecule has 1 heteroatoms. The average molecular weight is 339 g/mol. The lowest BCUT2D eigenvalue weighted by Crippen LogP contribution is -1.88. The molecule has 3 rings (SSSR count). The maximum absolute atomic E-state index is 9.00. The van der Waals surface area contributed by atoms with Gasteiger partial charge in [0.25, 0.3) is 0 Å². The van der Waals surface area contributed by atoms with Crippen LogP contribution in [0.25, 0.3) is 22.3 Å². The first-order valence-corrected chi connectivity index (χ1v) is 9.50. The molecule has 0 spiro atoms. The van der Waals surface area contributed by atoms with Crippen LogP contribution < -0.4 is 0 Å². The van der Waals surface area contributed by atoms with E-state index in [4.69, 9.17) is 5.26 Å². The van der Waals surface area contributed by atoms with Crippen molar-refractivity contribution >= 4 is 0 Å². The molecule has 0 heterocycles. The lowest BCUT2D eigenvalue weighted by atomic mass is 9.93. The smallest absolute Gasteiger partial charge is 0.0991 e. The van der Waals surface area contributed by atoms with Crippen molar-refractivity contribution in [3.05, 3.63) is 83.9 Å². The van der Waals surface area contributed by atoms with Gasteiger partial charge in [0.15, 0.2) is 0 Å². The van der Waals surface area contributed by atoms with E-state index in [0.717, 1.165) is 12.0 Å². The van der Waals surface area contributed by atoms with E-state index in [1.54, 1.807) is 0 Å². The van der Waals surface area contributed by atoms with Crippen LogP contribution in [0.3, 0.4) is 0 Å². The molecule has 3 aromatic carbocycles. The van der Waals surface area contributed by atoms with Crippen LogP contribution in [-0.4, -0.2) is 0 Å². The average Bonchev–Trinajstić information content (AvgIpc) is 2.72. The third-order valence-electron chi connectivity index (χ3n) is 4.84.